The average molecular weight is 517 g/mol. The number of aromatic nitrogens is 3. The lowest BCUT2D eigenvalue weighted by Gasteiger charge is -2.23. The molecule has 4 heterocycles. The van der Waals surface area contributed by atoms with E-state index in [0.29, 0.717) is 45.5 Å². The molecule has 1 aliphatic heterocycles. The molecule has 0 saturated carbocycles. The number of ether oxygens (including phenoxy) is 1. The number of aryl methyl sites for hydroxylation is 2. The number of benzene rings is 1. The molecule has 1 unspecified atom stereocenters. The number of thiazole rings is 1. The highest BCUT2D eigenvalue weighted by molar-refractivity contribution is 7.18. The number of rotatable bonds is 6. The summed E-state index contributed by atoms with van der Waals surface area (Å²) in [6, 6.07) is 11.4. The van der Waals surface area contributed by atoms with Gasteiger partial charge >= 0.3 is 5.91 Å². The van der Waals surface area contributed by atoms with E-state index in [1.54, 1.807) is 60.8 Å². The van der Waals surface area contributed by atoms with Crippen LogP contribution >= 0.6 is 11.3 Å². The molecule has 0 radical (unpaired) electrons. The van der Waals surface area contributed by atoms with Gasteiger partial charge in [0.1, 0.15) is 17.1 Å². The van der Waals surface area contributed by atoms with E-state index >= 15 is 0 Å². The molecule has 37 heavy (non-hydrogen) atoms. The largest absolute Gasteiger partial charge is 0.505 e. The van der Waals surface area contributed by atoms with Crippen LogP contribution in [0.15, 0.2) is 54.2 Å². The number of aliphatic hydroxyl groups is 1. The molecule has 188 valence electrons. The second-order valence-electron chi connectivity index (χ2n) is 8.61. The molecule has 9 nitrogen and oxygen atoms in total. The van der Waals surface area contributed by atoms with Gasteiger partial charge < -0.3 is 9.84 Å². The molecular weight excluding hydrogens is 492 g/mol. The van der Waals surface area contributed by atoms with Crippen molar-refractivity contribution in [3.8, 4) is 5.75 Å². The summed E-state index contributed by atoms with van der Waals surface area (Å²) in [5.41, 5.74) is 2.38. The number of hydrogen-bond acceptors (Lipinski definition) is 8. The molecular formula is C27H24N4O5S. The molecule has 1 fully saturated rings. The Kier molecular flexibility index (Phi) is 6.12. The van der Waals surface area contributed by atoms with Gasteiger partial charge in [-0.3, -0.25) is 23.7 Å². The van der Waals surface area contributed by atoms with Crippen molar-refractivity contribution in [1.82, 2.24) is 14.4 Å². The van der Waals surface area contributed by atoms with Gasteiger partial charge in [-0.2, -0.15) is 0 Å². The maximum atomic E-state index is 13.5. The van der Waals surface area contributed by atoms with E-state index in [-0.39, 0.29) is 22.2 Å². The van der Waals surface area contributed by atoms with Crippen LogP contribution in [0.5, 0.6) is 5.75 Å². The number of nitrogens with zero attached hydrogens (tertiary/aromatic N) is 4. The molecule has 1 N–H and O–H groups in total. The molecule has 0 aliphatic carbocycles. The third-order valence-electron chi connectivity index (χ3n) is 6.19. The van der Waals surface area contributed by atoms with Crippen molar-refractivity contribution < 1.29 is 24.2 Å². The zero-order valence-corrected chi connectivity index (χ0v) is 21.5. The lowest BCUT2D eigenvalue weighted by molar-refractivity contribution is -0.132. The molecule has 0 bridgehead atoms. The zero-order chi connectivity index (χ0) is 26.4. The van der Waals surface area contributed by atoms with Crippen molar-refractivity contribution in [1.29, 1.82) is 0 Å². The first-order valence-electron chi connectivity index (χ1n) is 11.7. The van der Waals surface area contributed by atoms with Crippen molar-refractivity contribution in [2.24, 2.45) is 0 Å². The molecule has 1 atom stereocenters. The van der Waals surface area contributed by atoms with E-state index in [1.165, 1.54) is 11.8 Å². The molecule has 1 aliphatic rings. The fourth-order valence-electron chi connectivity index (χ4n) is 4.60. The number of Topliss-reactive ketones (excluding diaryl/α,β-unsaturated/α-hetero) is 2. The minimum Gasteiger partial charge on any atom is -0.505 e. The van der Waals surface area contributed by atoms with E-state index in [0.717, 1.165) is 11.3 Å². The summed E-state index contributed by atoms with van der Waals surface area (Å²) in [6.07, 6.45) is 1.73. The predicted molar refractivity (Wildman–Crippen MR) is 139 cm³/mol. The maximum absolute atomic E-state index is 13.5. The summed E-state index contributed by atoms with van der Waals surface area (Å²) < 4.78 is 7.23. The van der Waals surface area contributed by atoms with E-state index in [2.05, 4.69) is 9.97 Å². The first kappa shape index (κ1) is 24.4. The third-order valence-corrected chi connectivity index (χ3v) is 7.45. The maximum Gasteiger partial charge on any atom is 0.301 e. The van der Waals surface area contributed by atoms with Crippen molar-refractivity contribution in [3.05, 3.63) is 81.8 Å². The highest BCUT2D eigenvalue weighted by Gasteiger charge is 2.48. The van der Waals surface area contributed by atoms with Crippen LogP contribution < -0.4 is 9.64 Å². The van der Waals surface area contributed by atoms with Crippen molar-refractivity contribution in [2.45, 2.75) is 33.7 Å². The number of carbonyl (C=O) groups excluding carboxylic acids is 3. The Morgan fingerprint density at radius 3 is 2.46 bits per heavy atom. The molecule has 3 aromatic heterocycles. The molecule has 0 spiro atoms. The molecule has 1 aromatic carbocycles. The van der Waals surface area contributed by atoms with Crippen LogP contribution in [0.2, 0.25) is 0 Å². The summed E-state index contributed by atoms with van der Waals surface area (Å²) in [5.74, 6) is -1.58. The number of aliphatic hydroxyl groups excluding tert-OH is 1. The van der Waals surface area contributed by atoms with Gasteiger partial charge in [0, 0.05) is 13.1 Å². The normalized spacial score (nSPS) is 17.1. The van der Waals surface area contributed by atoms with Gasteiger partial charge in [-0.25, -0.2) is 9.97 Å². The molecule has 4 aromatic rings. The number of pyridine rings is 1. The van der Waals surface area contributed by atoms with Crippen molar-refractivity contribution >= 4 is 45.3 Å². The Labute approximate surface area is 216 Å². The molecule has 1 amide bonds. The van der Waals surface area contributed by atoms with E-state index in [1.807, 2.05) is 13.0 Å². The van der Waals surface area contributed by atoms with E-state index in [4.69, 9.17) is 4.74 Å². The molecule has 1 saturated heterocycles. The van der Waals surface area contributed by atoms with E-state index in [9.17, 15) is 19.5 Å². The summed E-state index contributed by atoms with van der Waals surface area (Å²) in [6.45, 7) is 7.19. The van der Waals surface area contributed by atoms with Gasteiger partial charge in [-0.1, -0.05) is 29.5 Å². The second-order valence-corrected chi connectivity index (χ2v) is 9.59. The van der Waals surface area contributed by atoms with Gasteiger partial charge in [-0.05, 0) is 50.6 Å². The number of fused-ring (bicyclic) bond motifs is 1. The standard InChI is InChI=1S/C27H24N4O5S/c1-5-36-18-11-9-17(10-12-18)22-20(23(33)21-14(2)28-19-8-6-7-13-30(19)21)24(34)26(35)31(22)27-29-15(3)25(37-27)16(4)32/h6-13,22,33H,5H2,1-4H3. The van der Waals surface area contributed by atoms with Gasteiger partial charge in [0.05, 0.1) is 34.5 Å². The Balaban J connectivity index is 1.75. The van der Waals surface area contributed by atoms with Crippen molar-refractivity contribution in [2.75, 3.05) is 11.5 Å². The summed E-state index contributed by atoms with van der Waals surface area (Å²) >= 11 is 1.04. The van der Waals surface area contributed by atoms with E-state index < -0.39 is 17.7 Å². The summed E-state index contributed by atoms with van der Waals surface area (Å²) in [4.78, 5) is 49.6. The lowest BCUT2D eigenvalue weighted by atomic mass is 9.96. The number of carbonyl (C=O) groups is 3. The quantitative estimate of drug-likeness (QED) is 0.172. The number of ketones is 2. The van der Waals surface area contributed by atoms with Gasteiger partial charge in [0.25, 0.3) is 5.78 Å². The minimum atomic E-state index is -0.977. The lowest BCUT2D eigenvalue weighted by Crippen LogP contribution is -2.29. The van der Waals surface area contributed by atoms with Gasteiger partial charge in [0.15, 0.2) is 16.7 Å². The van der Waals surface area contributed by atoms with Gasteiger partial charge in [0.2, 0.25) is 0 Å². The van der Waals surface area contributed by atoms with Crippen LogP contribution in [0.1, 0.15) is 52.2 Å². The number of anilines is 1. The topological polar surface area (TPSA) is 114 Å². The zero-order valence-electron chi connectivity index (χ0n) is 20.7. The molecule has 10 heteroatoms. The number of hydrogen-bond donors (Lipinski definition) is 1. The van der Waals surface area contributed by atoms with Gasteiger partial charge in [-0.15, -0.1) is 0 Å². The minimum absolute atomic E-state index is 0.0832. The Morgan fingerprint density at radius 1 is 1.08 bits per heavy atom. The number of imidazole rings is 1. The fraction of sp³-hybridized carbons (Fsp3) is 0.222. The van der Waals surface area contributed by atoms with Crippen LogP contribution in [-0.2, 0) is 9.59 Å². The Bertz CT molecular complexity index is 1600. The highest BCUT2D eigenvalue weighted by Crippen LogP contribution is 2.44. The van der Waals surface area contributed by atoms with Crippen molar-refractivity contribution in [3.63, 3.8) is 0 Å². The first-order valence-corrected chi connectivity index (χ1v) is 12.5. The second kappa shape index (κ2) is 9.29. The van der Waals surface area contributed by atoms with Crippen LogP contribution in [0, 0.1) is 13.8 Å². The third kappa shape index (κ3) is 3.99. The molecule has 5 rings (SSSR count). The monoisotopic (exact) mass is 516 g/mol. The first-order chi connectivity index (χ1) is 17.7. The average Bonchev–Trinajstić information content (AvgIpc) is 3.50. The Morgan fingerprint density at radius 2 is 1.81 bits per heavy atom. The van der Waals surface area contributed by atoms with Crippen LogP contribution in [0.25, 0.3) is 11.4 Å². The smallest absolute Gasteiger partial charge is 0.301 e. The van der Waals surface area contributed by atoms with Crippen LogP contribution in [0.3, 0.4) is 0 Å². The highest BCUT2D eigenvalue weighted by atomic mass is 32.1. The SMILES string of the molecule is CCOc1ccc(C2C(=C(O)c3c(C)nc4ccccn34)C(=O)C(=O)N2c2nc(C)c(C(C)=O)s2)cc1. The van der Waals surface area contributed by atoms with Crippen LogP contribution in [0.4, 0.5) is 5.13 Å². The van der Waals surface area contributed by atoms with Crippen LogP contribution in [-0.4, -0.2) is 43.6 Å². The summed E-state index contributed by atoms with van der Waals surface area (Å²) in [7, 11) is 0. The predicted octanol–water partition coefficient (Wildman–Crippen LogP) is 4.64. The Hall–Kier alpha value is -4.31. The number of amides is 1. The fourth-order valence-corrected chi connectivity index (χ4v) is 5.59. The summed E-state index contributed by atoms with van der Waals surface area (Å²) in [5, 5.41) is 11.8.